The fraction of sp³-hybridized carbons (Fsp3) is 0.375. The summed E-state index contributed by atoms with van der Waals surface area (Å²) in [6, 6.07) is 8.59. The summed E-state index contributed by atoms with van der Waals surface area (Å²) >= 11 is 0. The standard InChI is InChI=1S/C16H23N/c1-6-12(3)13(4)14(5)17-16-10-8-9-15(7-2)11-16/h6,8-11,17H,7H2,1-5H3/b12-6?,14-13+. The summed E-state index contributed by atoms with van der Waals surface area (Å²) in [6.45, 7) is 10.7. The number of hydrogen-bond acceptors (Lipinski definition) is 1. The van der Waals surface area contributed by atoms with Crippen LogP contribution in [0.2, 0.25) is 0 Å². The molecule has 0 aliphatic rings. The highest BCUT2D eigenvalue weighted by Crippen LogP contribution is 2.18. The zero-order valence-electron chi connectivity index (χ0n) is 11.6. The highest BCUT2D eigenvalue weighted by atomic mass is 14.9. The Morgan fingerprint density at radius 2 is 1.94 bits per heavy atom. The van der Waals surface area contributed by atoms with Crippen molar-refractivity contribution in [2.24, 2.45) is 0 Å². The predicted molar refractivity (Wildman–Crippen MR) is 77.2 cm³/mol. The summed E-state index contributed by atoms with van der Waals surface area (Å²) in [5, 5.41) is 3.47. The maximum Gasteiger partial charge on any atom is 0.0384 e. The molecule has 92 valence electrons. The van der Waals surface area contributed by atoms with E-state index in [9.17, 15) is 0 Å². The van der Waals surface area contributed by atoms with Crippen LogP contribution in [0.5, 0.6) is 0 Å². The second kappa shape index (κ2) is 6.29. The third kappa shape index (κ3) is 3.77. The van der Waals surface area contributed by atoms with Crippen LogP contribution in [-0.4, -0.2) is 0 Å². The minimum absolute atomic E-state index is 1.07. The zero-order valence-corrected chi connectivity index (χ0v) is 11.6. The van der Waals surface area contributed by atoms with Crippen LogP contribution in [0.25, 0.3) is 0 Å². The molecule has 0 spiro atoms. The Bertz CT molecular complexity index is 439. The highest BCUT2D eigenvalue weighted by Gasteiger charge is 2.00. The maximum absolute atomic E-state index is 3.47. The van der Waals surface area contributed by atoms with Crippen molar-refractivity contribution in [3.8, 4) is 0 Å². The number of aryl methyl sites for hydroxylation is 1. The molecule has 0 fully saturated rings. The van der Waals surface area contributed by atoms with Crippen molar-refractivity contribution >= 4 is 5.69 Å². The number of anilines is 1. The Morgan fingerprint density at radius 3 is 2.53 bits per heavy atom. The van der Waals surface area contributed by atoms with E-state index in [0.29, 0.717) is 0 Å². The minimum Gasteiger partial charge on any atom is -0.359 e. The molecule has 1 aromatic carbocycles. The summed E-state index contributed by atoms with van der Waals surface area (Å²) in [7, 11) is 0. The first-order chi connectivity index (χ1) is 8.08. The molecule has 17 heavy (non-hydrogen) atoms. The Balaban J connectivity index is 2.90. The Kier molecular flexibility index (Phi) is 5.02. The van der Waals surface area contributed by atoms with Gasteiger partial charge in [0.15, 0.2) is 0 Å². The normalized spacial score (nSPS) is 13.4. The smallest absolute Gasteiger partial charge is 0.0384 e. The van der Waals surface area contributed by atoms with E-state index in [4.69, 9.17) is 0 Å². The van der Waals surface area contributed by atoms with Gasteiger partial charge in [0.25, 0.3) is 0 Å². The summed E-state index contributed by atoms with van der Waals surface area (Å²) in [6.07, 6.45) is 3.22. The molecule has 0 radical (unpaired) electrons. The van der Waals surface area contributed by atoms with E-state index in [0.717, 1.165) is 6.42 Å². The lowest BCUT2D eigenvalue weighted by atomic mass is 10.1. The Morgan fingerprint density at radius 1 is 1.24 bits per heavy atom. The zero-order chi connectivity index (χ0) is 12.8. The van der Waals surface area contributed by atoms with Crippen LogP contribution in [0.3, 0.4) is 0 Å². The summed E-state index contributed by atoms with van der Waals surface area (Å²) in [5.74, 6) is 0. The average molecular weight is 229 g/mol. The molecule has 0 saturated heterocycles. The van der Waals surface area contributed by atoms with Gasteiger partial charge in [0, 0.05) is 11.4 Å². The third-order valence-electron chi connectivity index (χ3n) is 3.25. The molecule has 0 heterocycles. The van der Waals surface area contributed by atoms with Crippen molar-refractivity contribution in [2.75, 3.05) is 5.32 Å². The van der Waals surface area contributed by atoms with Crippen molar-refractivity contribution < 1.29 is 0 Å². The summed E-state index contributed by atoms with van der Waals surface area (Å²) < 4.78 is 0. The maximum atomic E-state index is 3.47. The molecule has 1 N–H and O–H groups in total. The van der Waals surface area contributed by atoms with Gasteiger partial charge in [0.05, 0.1) is 0 Å². The van der Waals surface area contributed by atoms with E-state index in [-0.39, 0.29) is 0 Å². The fourth-order valence-corrected chi connectivity index (χ4v) is 1.69. The molecule has 0 aliphatic carbocycles. The predicted octanol–water partition coefficient (Wildman–Crippen LogP) is 4.92. The van der Waals surface area contributed by atoms with Crippen molar-refractivity contribution in [1.82, 2.24) is 0 Å². The van der Waals surface area contributed by atoms with E-state index >= 15 is 0 Å². The van der Waals surface area contributed by atoms with Gasteiger partial charge in [-0.1, -0.05) is 30.7 Å². The summed E-state index contributed by atoms with van der Waals surface area (Å²) in [4.78, 5) is 0. The minimum atomic E-state index is 1.07. The Hall–Kier alpha value is -1.50. The molecule has 1 rings (SSSR count). The number of nitrogens with one attached hydrogen (secondary N) is 1. The first kappa shape index (κ1) is 13.6. The molecule has 0 unspecified atom stereocenters. The molecule has 1 heteroatoms. The fourth-order valence-electron chi connectivity index (χ4n) is 1.69. The van der Waals surface area contributed by atoms with Crippen molar-refractivity contribution in [1.29, 1.82) is 0 Å². The van der Waals surface area contributed by atoms with E-state index in [1.165, 1.54) is 28.1 Å². The van der Waals surface area contributed by atoms with Crippen LogP contribution in [0.4, 0.5) is 5.69 Å². The molecule has 1 nitrogen and oxygen atoms in total. The average Bonchev–Trinajstić information content (AvgIpc) is 2.37. The second-order valence-corrected chi connectivity index (χ2v) is 4.40. The molecule has 0 aromatic heterocycles. The molecule has 1 aromatic rings. The molecular weight excluding hydrogens is 206 g/mol. The van der Waals surface area contributed by atoms with Crippen LogP contribution in [0.1, 0.15) is 40.2 Å². The van der Waals surface area contributed by atoms with Crippen LogP contribution in [0, 0.1) is 0 Å². The van der Waals surface area contributed by atoms with Gasteiger partial charge >= 0.3 is 0 Å². The molecular formula is C16H23N. The number of hydrogen-bond donors (Lipinski definition) is 1. The van der Waals surface area contributed by atoms with Gasteiger partial charge in [-0.25, -0.2) is 0 Å². The summed E-state index contributed by atoms with van der Waals surface area (Å²) in [5.41, 5.74) is 6.39. The van der Waals surface area contributed by atoms with E-state index in [2.05, 4.69) is 70.3 Å². The SMILES string of the molecule is CC=C(C)/C(C)=C(\C)Nc1cccc(CC)c1. The number of rotatable bonds is 4. The number of allylic oxidation sites excluding steroid dienone is 4. The largest absolute Gasteiger partial charge is 0.359 e. The van der Waals surface area contributed by atoms with Gasteiger partial charge in [-0.2, -0.15) is 0 Å². The lowest BCUT2D eigenvalue weighted by Crippen LogP contribution is -2.00. The molecule has 0 aliphatic heterocycles. The lowest BCUT2D eigenvalue weighted by molar-refractivity contribution is 1.14. The van der Waals surface area contributed by atoms with Gasteiger partial charge in [0.2, 0.25) is 0 Å². The van der Waals surface area contributed by atoms with Crippen LogP contribution in [-0.2, 0) is 6.42 Å². The van der Waals surface area contributed by atoms with Gasteiger partial charge in [0.1, 0.15) is 0 Å². The van der Waals surface area contributed by atoms with Crippen molar-refractivity contribution in [3.05, 3.63) is 52.7 Å². The van der Waals surface area contributed by atoms with Gasteiger partial charge in [-0.05, 0) is 57.4 Å². The first-order valence-electron chi connectivity index (χ1n) is 6.25. The molecule has 0 bridgehead atoms. The highest BCUT2D eigenvalue weighted by molar-refractivity contribution is 5.52. The monoisotopic (exact) mass is 229 g/mol. The molecule has 0 amide bonds. The number of benzene rings is 1. The van der Waals surface area contributed by atoms with Crippen LogP contribution >= 0.6 is 0 Å². The van der Waals surface area contributed by atoms with Gasteiger partial charge in [-0.3, -0.25) is 0 Å². The lowest BCUT2D eigenvalue weighted by Gasteiger charge is -2.12. The van der Waals surface area contributed by atoms with Crippen molar-refractivity contribution in [3.63, 3.8) is 0 Å². The molecule has 0 atom stereocenters. The van der Waals surface area contributed by atoms with E-state index < -0.39 is 0 Å². The van der Waals surface area contributed by atoms with Crippen LogP contribution < -0.4 is 5.32 Å². The van der Waals surface area contributed by atoms with Gasteiger partial charge in [-0.15, -0.1) is 0 Å². The molecule has 0 saturated carbocycles. The third-order valence-corrected chi connectivity index (χ3v) is 3.25. The topological polar surface area (TPSA) is 12.0 Å². The first-order valence-corrected chi connectivity index (χ1v) is 6.25. The Labute approximate surface area is 105 Å². The van der Waals surface area contributed by atoms with Crippen molar-refractivity contribution in [2.45, 2.75) is 41.0 Å². The van der Waals surface area contributed by atoms with Gasteiger partial charge < -0.3 is 5.32 Å². The quantitative estimate of drug-likeness (QED) is 0.722. The van der Waals surface area contributed by atoms with Crippen LogP contribution in [0.15, 0.2) is 47.2 Å². The van der Waals surface area contributed by atoms with E-state index in [1.54, 1.807) is 0 Å². The second-order valence-electron chi connectivity index (χ2n) is 4.40. The van der Waals surface area contributed by atoms with E-state index in [1.807, 2.05) is 0 Å².